The van der Waals surface area contributed by atoms with Crippen LogP contribution in [-0.4, -0.2) is 19.7 Å². The molecule has 5 heteroatoms. The van der Waals surface area contributed by atoms with Crippen LogP contribution < -0.4 is 4.74 Å². The van der Waals surface area contributed by atoms with E-state index in [1.165, 1.54) is 25.3 Å². The van der Waals surface area contributed by atoms with Crippen LogP contribution in [0, 0.1) is 0 Å². The van der Waals surface area contributed by atoms with Gasteiger partial charge in [0.15, 0.2) is 0 Å². The number of carbonyl (C=O) groups excluding carboxylic acids is 1. The number of carbonyl (C=O) groups is 1. The number of esters is 1. The van der Waals surface area contributed by atoms with E-state index in [0.29, 0.717) is 10.8 Å². The lowest BCUT2D eigenvalue weighted by Gasteiger charge is -2.10. The number of methoxy groups -OCH3 is 1. The molecule has 0 bridgehead atoms. The van der Waals surface area contributed by atoms with E-state index in [0.717, 1.165) is 0 Å². The van der Waals surface area contributed by atoms with Gasteiger partial charge in [-0.05, 0) is 19.1 Å². The lowest BCUT2D eigenvalue weighted by atomic mass is 10.1. The van der Waals surface area contributed by atoms with Crippen LogP contribution in [0.2, 0.25) is 5.02 Å². The molecule has 1 aromatic rings. The van der Waals surface area contributed by atoms with E-state index >= 15 is 0 Å². The largest absolute Gasteiger partial charge is 0.495 e. The zero-order valence-electron chi connectivity index (χ0n) is 9.00. The molecule has 0 radical (unpaired) electrons. The molecule has 16 heavy (non-hydrogen) atoms. The van der Waals surface area contributed by atoms with E-state index < -0.39 is 12.1 Å². The summed E-state index contributed by atoms with van der Waals surface area (Å²) >= 11 is 5.78. The summed E-state index contributed by atoms with van der Waals surface area (Å²) in [5.41, 5.74) is 0.166. The highest BCUT2D eigenvalue weighted by atomic mass is 35.5. The summed E-state index contributed by atoms with van der Waals surface area (Å²) in [7, 11) is 1.42. The number of alkyl halides is 1. The topological polar surface area (TPSA) is 35.5 Å². The summed E-state index contributed by atoms with van der Waals surface area (Å²) in [6.45, 7) is 1.76. The Morgan fingerprint density at radius 3 is 2.81 bits per heavy atom. The van der Waals surface area contributed by atoms with Gasteiger partial charge in [0.05, 0.1) is 18.7 Å². The summed E-state index contributed by atoms with van der Waals surface area (Å²) < 4.78 is 23.1. The van der Waals surface area contributed by atoms with Crippen LogP contribution in [0.3, 0.4) is 0 Å². The summed E-state index contributed by atoms with van der Waals surface area (Å²) in [6.07, 6.45) is -1.81. The van der Waals surface area contributed by atoms with Crippen molar-refractivity contribution >= 4 is 17.6 Å². The average Bonchev–Trinajstić information content (AvgIpc) is 2.29. The second kappa shape index (κ2) is 5.70. The van der Waals surface area contributed by atoms with E-state index in [1.807, 2.05) is 0 Å². The molecule has 0 fully saturated rings. The highest BCUT2D eigenvalue weighted by Crippen LogP contribution is 2.29. The number of ether oxygens (including phenoxy) is 2. The third-order valence-corrected chi connectivity index (χ3v) is 2.27. The summed E-state index contributed by atoms with van der Waals surface area (Å²) in [4.78, 5) is 11.2. The zero-order valence-corrected chi connectivity index (χ0v) is 9.75. The van der Waals surface area contributed by atoms with Crippen molar-refractivity contribution in [2.75, 3.05) is 13.7 Å². The third kappa shape index (κ3) is 2.85. The Balaban J connectivity index is 2.91. The van der Waals surface area contributed by atoms with Crippen molar-refractivity contribution in [1.82, 2.24) is 0 Å². The van der Waals surface area contributed by atoms with Crippen LogP contribution in [0.25, 0.3) is 0 Å². The van der Waals surface area contributed by atoms with Crippen LogP contribution in [0.4, 0.5) is 4.39 Å². The van der Waals surface area contributed by atoms with Crippen LogP contribution in [-0.2, 0) is 9.53 Å². The molecule has 1 aromatic carbocycles. The Labute approximate surface area is 98.1 Å². The quantitative estimate of drug-likeness (QED) is 0.767. The fourth-order valence-electron chi connectivity index (χ4n) is 1.19. The molecule has 0 aliphatic heterocycles. The van der Waals surface area contributed by atoms with Gasteiger partial charge in [0.1, 0.15) is 5.75 Å². The summed E-state index contributed by atoms with van der Waals surface area (Å²) in [5.74, 6) is -0.585. The van der Waals surface area contributed by atoms with Gasteiger partial charge in [-0.2, -0.15) is 0 Å². The van der Waals surface area contributed by atoms with E-state index in [2.05, 4.69) is 4.74 Å². The smallest absolute Gasteiger partial charge is 0.345 e. The Kier molecular flexibility index (Phi) is 4.55. The standard InChI is InChI=1S/C11H12ClFO3/c1-3-16-11(14)10(13)7-4-5-8(12)9(6-7)15-2/h4-6,10H,3H2,1-2H3. The van der Waals surface area contributed by atoms with Crippen molar-refractivity contribution in [3.8, 4) is 5.75 Å². The molecule has 0 saturated carbocycles. The van der Waals surface area contributed by atoms with Gasteiger partial charge < -0.3 is 9.47 Å². The normalized spacial score (nSPS) is 12.0. The number of hydrogen-bond donors (Lipinski definition) is 0. The van der Waals surface area contributed by atoms with Crippen LogP contribution in [0.1, 0.15) is 18.7 Å². The maximum atomic E-state index is 13.6. The Morgan fingerprint density at radius 1 is 1.56 bits per heavy atom. The maximum absolute atomic E-state index is 13.6. The average molecular weight is 247 g/mol. The lowest BCUT2D eigenvalue weighted by Crippen LogP contribution is -2.11. The van der Waals surface area contributed by atoms with E-state index in [9.17, 15) is 9.18 Å². The zero-order chi connectivity index (χ0) is 12.1. The monoisotopic (exact) mass is 246 g/mol. The Bertz CT molecular complexity index is 381. The summed E-state index contributed by atoms with van der Waals surface area (Å²) in [6, 6.07) is 4.28. The molecule has 1 rings (SSSR count). The first kappa shape index (κ1) is 12.8. The molecular formula is C11H12ClFO3. The number of hydrogen-bond acceptors (Lipinski definition) is 3. The molecule has 3 nitrogen and oxygen atoms in total. The minimum atomic E-state index is -1.81. The maximum Gasteiger partial charge on any atom is 0.345 e. The third-order valence-electron chi connectivity index (χ3n) is 1.96. The second-order valence-electron chi connectivity index (χ2n) is 3.01. The minimum absolute atomic E-state index is 0.143. The first-order chi connectivity index (χ1) is 7.60. The van der Waals surface area contributed by atoms with Gasteiger partial charge >= 0.3 is 5.97 Å². The molecule has 0 amide bonds. The predicted octanol–water partition coefficient (Wildman–Crippen LogP) is 2.92. The number of halogens is 2. The second-order valence-corrected chi connectivity index (χ2v) is 3.42. The molecule has 0 heterocycles. The van der Waals surface area contributed by atoms with E-state index in [1.54, 1.807) is 6.92 Å². The molecule has 0 N–H and O–H groups in total. The SMILES string of the molecule is CCOC(=O)C(F)c1ccc(Cl)c(OC)c1. The molecule has 0 spiro atoms. The molecule has 0 aliphatic carbocycles. The highest BCUT2D eigenvalue weighted by Gasteiger charge is 2.21. The van der Waals surface area contributed by atoms with Gasteiger partial charge in [-0.15, -0.1) is 0 Å². The van der Waals surface area contributed by atoms with E-state index in [-0.39, 0.29) is 12.2 Å². The number of benzene rings is 1. The van der Waals surface area contributed by atoms with Crippen molar-refractivity contribution < 1.29 is 18.7 Å². The molecule has 1 unspecified atom stereocenters. The fraction of sp³-hybridized carbons (Fsp3) is 0.364. The first-order valence-corrected chi connectivity index (χ1v) is 5.12. The van der Waals surface area contributed by atoms with E-state index in [4.69, 9.17) is 16.3 Å². The van der Waals surface area contributed by atoms with Crippen LogP contribution >= 0.6 is 11.6 Å². The molecular weight excluding hydrogens is 235 g/mol. The van der Waals surface area contributed by atoms with Crippen molar-refractivity contribution in [3.05, 3.63) is 28.8 Å². The molecule has 88 valence electrons. The lowest BCUT2D eigenvalue weighted by molar-refractivity contribution is -0.149. The van der Waals surface area contributed by atoms with Crippen LogP contribution in [0.15, 0.2) is 18.2 Å². The number of rotatable bonds is 4. The fourth-order valence-corrected chi connectivity index (χ4v) is 1.38. The van der Waals surface area contributed by atoms with Gasteiger partial charge in [0.2, 0.25) is 6.17 Å². The molecule has 0 saturated heterocycles. The van der Waals surface area contributed by atoms with Crippen molar-refractivity contribution in [1.29, 1.82) is 0 Å². The van der Waals surface area contributed by atoms with Gasteiger partial charge in [-0.25, -0.2) is 9.18 Å². The molecule has 0 aliphatic rings. The molecule has 1 atom stereocenters. The Morgan fingerprint density at radius 2 is 2.25 bits per heavy atom. The van der Waals surface area contributed by atoms with Gasteiger partial charge in [0.25, 0.3) is 0 Å². The first-order valence-electron chi connectivity index (χ1n) is 4.74. The van der Waals surface area contributed by atoms with Crippen molar-refractivity contribution in [2.24, 2.45) is 0 Å². The van der Waals surface area contributed by atoms with Gasteiger partial charge in [-0.1, -0.05) is 17.7 Å². The van der Waals surface area contributed by atoms with Gasteiger partial charge in [0, 0.05) is 5.56 Å². The van der Waals surface area contributed by atoms with Crippen molar-refractivity contribution in [3.63, 3.8) is 0 Å². The van der Waals surface area contributed by atoms with Crippen LogP contribution in [0.5, 0.6) is 5.75 Å². The predicted molar refractivity (Wildman–Crippen MR) is 58.5 cm³/mol. The summed E-state index contributed by atoms with van der Waals surface area (Å²) in [5, 5.41) is 0.363. The molecule has 0 aromatic heterocycles. The Hall–Kier alpha value is -1.29. The van der Waals surface area contributed by atoms with Crippen molar-refractivity contribution in [2.45, 2.75) is 13.1 Å². The highest BCUT2D eigenvalue weighted by molar-refractivity contribution is 6.32. The van der Waals surface area contributed by atoms with Gasteiger partial charge in [-0.3, -0.25) is 0 Å². The minimum Gasteiger partial charge on any atom is -0.495 e.